The summed E-state index contributed by atoms with van der Waals surface area (Å²) in [5.41, 5.74) is 3.38. The highest BCUT2D eigenvalue weighted by Crippen LogP contribution is 2.24. The van der Waals surface area contributed by atoms with E-state index in [2.05, 4.69) is 11.4 Å². The quantitative estimate of drug-likeness (QED) is 0.688. The predicted molar refractivity (Wildman–Crippen MR) is 51.9 cm³/mol. The van der Waals surface area contributed by atoms with Crippen molar-refractivity contribution in [1.29, 1.82) is 0 Å². The zero-order valence-electron chi connectivity index (χ0n) is 7.50. The Morgan fingerprint density at radius 3 is 2.92 bits per heavy atom. The number of nitrogens with one attached hydrogen (secondary N) is 1. The third kappa shape index (κ3) is 1.47. The van der Waals surface area contributed by atoms with Gasteiger partial charge in [0.2, 0.25) is 5.91 Å². The lowest BCUT2D eigenvalue weighted by Crippen LogP contribution is -2.17. The molecule has 0 saturated carbocycles. The molecule has 1 aliphatic carbocycles. The van der Waals surface area contributed by atoms with Gasteiger partial charge in [0.25, 0.3) is 0 Å². The summed E-state index contributed by atoms with van der Waals surface area (Å²) in [4.78, 5) is 10.9. The molecule has 0 aliphatic heterocycles. The van der Waals surface area contributed by atoms with Gasteiger partial charge in [-0.05, 0) is 12.0 Å². The van der Waals surface area contributed by atoms with E-state index in [1.54, 1.807) is 0 Å². The van der Waals surface area contributed by atoms with Crippen molar-refractivity contribution in [2.24, 2.45) is 0 Å². The van der Waals surface area contributed by atoms with Crippen molar-refractivity contribution in [2.75, 3.05) is 0 Å². The molecule has 0 radical (unpaired) electrons. The van der Waals surface area contributed by atoms with E-state index in [9.17, 15) is 4.79 Å². The standard InChI is InChI=1S/C11H11NO/c1-8(13)12-11-7-6-9-4-2-3-5-10(9)11/h2-5,7H,6H2,1H3,(H,12,13). The maximum absolute atomic E-state index is 10.9. The third-order valence-electron chi connectivity index (χ3n) is 2.14. The molecule has 1 aliphatic rings. The number of carbonyl (C=O) groups is 1. The highest BCUT2D eigenvalue weighted by Gasteiger charge is 2.13. The molecule has 0 fully saturated rings. The van der Waals surface area contributed by atoms with E-state index in [1.807, 2.05) is 24.3 Å². The van der Waals surface area contributed by atoms with Gasteiger partial charge in [-0.1, -0.05) is 30.3 Å². The second-order valence-electron chi connectivity index (χ2n) is 3.16. The second-order valence-corrected chi connectivity index (χ2v) is 3.16. The fourth-order valence-corrected chi connectivity index (χ4v) is 1.59. The second kappa shape index (κ2) is 3.05. The van der Waals surface area contributed by atoms with Crippen LogP contribution in [0, 0.1) is 0 Å². The van der Waals surface area contributed by atoms with Crippen molar-refractivity contribution in [3.63, 3.8) is 0 Å². The normalized spacial score (nSPS) is 13.5. The lowest BCUT2D eigenvalue weighted by Gasteiger charge is -2.04. The number of amides is 1. The Morgan fingerprint density at radius 1 is 1.38 bits per heavy atom. The van der Waals surface area contributed by atoms with Gasteiger partial charge in [0.1, 0.15) is 0 Å². The van der Waals surface area contributed by atoms with Crippen molar-refractivity contribution < 1.29 is 4.79 Å². The van der Waals surface area contributed by atoms with Gasteiger partial charge < -0.3 is 5.32 Å². The molecule has 2 rings (SSSR count). The summed E-state index contributed by atoms with van der Waals surface area (Å²) in [5.74, 6) is -0.0112. The first-order chi connectivity index (χ1) is 6.27. The van der Waals surface area contributed by atoms with Gasteiger partial charge in [0.15, 0.2) is 0 Å². The molecular weight excluding hydrogens is 162 g/mol. The first kappa shape index (κ1) is 8.05. The number of hydrogen-bond acceptors (Lipinski definition) is 1. The molecule has 0 atom stereocenters. The van der Waals surface area contributed by atoms with E-state index in [4.69, 9.17) is 0 Å². The Hall–Kier alpha value is -1.57. The Balaban J connectivity index is 2.31. The fourth-order valence-electron chi connectivity index (χ4n) is 1.59. The molecule has 66 valence electrons. The summed E-state index contributed by atoms with van der Waals surface area (Å²) in [6.07, 6.45) is 2.97. The molecule has 0 heterocycles. The minimum absolute atomic E-state index is 0.0112. The number of rotatable bonds is 1. The summed E-state index contributed by atoms with van der Waals surface area (Å²) in [6.45, 7) is 1.53. The van der Waals surface area contributed by atoms with E-state index < -0.39 is 0 Å². The molecule has 13 heavy (non-hydrogen) atoms. The van der Waals surface area contributed by atoms with Crippen LogP contribution in [0.1, 0.15) is 18.1 Å². The van der Waals surface area contributed by atoms with E-state index in [0.29, 0.717) is 0 Å². The van der Waals surface area contributed by atoms with Gasteiger partial charge in [-0.2, -0.15) is 0 Å². The minimum Gasteiger partial charge on any atom is -0.326 e. The lowest BCUT2D eigenvalue weighted by molar-refractivity contribution is -0.117. The number of allylic oxidation sites excluding steroid dienone is 1. The fraction of sp³-hybridized carbons (Fsp3) is 0.182. The number of hydrogen-bond donors (Lipinski definition) is 1. The highest BCUT2D eigenvalue weighted by atomic mass is 16.1. The lowest BCUT2D eigenvalue weighted by atomic mass is 10.1. The Kier molecular flexibility index (Phi) is 1.89. The van der Waals surface area contributed by atoms with E-state index in [-0.39, 0.29) is 5.91 Å². The number of benzene rings is 1. The van der Waals surface area contributed by atoms with Gasteiger partial charge in [-0.25, -0.2) is 0 Å². The first-order valence-electron chi connectivity index (χ1n) is 4.33. The van der Waals surface area contributed by atoms with Crippen molar-refractivity contribution in [2.45, 2.75) is 13.3 Å². The van der Waals surface area contributed by atoms with Crippen molar-refractivity contribution >= 4 is 11.6 Å². The molecule has 0 saturated heterocycles. The Bertz CT molecular complexity index is 379. The first-order valence-corrected chi connectivity index (χ1v) is 4.33. The van der Waals surface area contributed by atoms with Crippen molar-refractivity contribution in [1.82, 2.24) is 5.32 Å². The molecule has 1 aromatic rings. The summed E-state index contributed by atoms with van der Waals surface area (Å²) < 4.78 is 0. The number of carbonyl (C=O) groups excluding carboxylic acids is 1. The SMILES string of the molecule is CC(=O)NC1=CCc2ccccc21. The summed E-state index contributed by atoms with van der Waals surface area (Å²) in [7, 11) is 0. The average Bonchev–Trinajstić information content (AvgIpc) is 2.48. The smallest absolute Gasteiger partial charge is 0.221 e. The van der Waals surface area contributed by atoms with Gasteiger partial charge in [-0.3, -0.25) is 4.79 Å². The van der Waals surface area contributed by atoms with Crippen LogP contribution < -0.4 is 5.32 Å². The van der Waals surface area contributed by atoms with Gasteiger partial charge >= 0.3 is 0 Å². The molecule has 1 aromatic carbocycles. The average molecular weight is 173 g/mol. The van der Waals surface area contributed by atoms with Gasteiger partial charge in [0, 0.05) is 18.2 Å². The highest BCUT2D eigenvalue weighted by molar-refractivity contribution is 5.87. The summed E-state index contributed by atoms with van der Waals surface area (Å²) in [5, 5.41) is 2.82. The third-order valence-corrected chi connectivity index (χ3v) is 2.14. The van der Waals surface area contributed by atoms with Crippen LogP contribution in [0.2, 0.25) is 0 Å². The summed E-state index contributed by atoms with van der Waals surface area (Å²) in [6, 6.07) is 8.12. The van der Waals surface area contributed by atoms with Crippen LogP contribution in [0.15, 0.2) is 30.3 Å². The minimum atomic E-state index is -0.0112. The molecule has 1 amide bonds. The van der Waals surface area contributed by atoms with Crippen LogP contribution in [-0.2, 0) is 11.2 Å². The Labute approximate surface area is 77.3 Å². The molecule has 0 aromatic heterocycles. The molecule has 0 unspecified atom stereocenters. The van der Waals surface area contributed by atoms with Crippen LogP contribution >= 0.6 is 0 Å². The van der Waals surface area contributed by atoms with E-state index >= 15 is 0 Å². The van der Waals surface area contributed by atoms with Crippen LogP contribution in [-0.4, -0.2) is 5.91 Å². The molecular formula is C11H11NO. The molecule has 0 bridgehead atoms. The number of fused-ring (bicyclic) bond motifs is 1. The summed E-state index contributed by atoms with van der Waals surface area (Å²) >= 11 is 0. The molecule has 2 heteroatoms. The van der Waals surface area contributed by atoms with E-state index in [0.717, 1.165) is 17.7 Å². The largest absolute Gasteiger partial charge is 0.326 e. The van der Waals surface area contributed by atoms with Crippen LogP contribution in [0.4, 0.5) is 0 Å². The maximum atomic E-state index is 10.9. The molecule has 2 nitrogen and oxygen atoms in total. The van der Waals surface area contributed by atoms with Crippen LogP contribution in [0.5, 0.6) is 0 Å². The zero-order chi connectivity index (χ0) is 9.26. The predicted octanol–water partition coefficient (Wildman–Crippen LogP) is 1.72. The molecule has 0 spiro atoms. The topological polar surface area (TPSA) is 29.1 Å². The zero-order valence-corrected chi connectivity index (χ0v) is 7.50. The van der Waals surface area contributed by atoms with Crippen LogP contribution in [0.3, 0.4) is 0 Å². The van der Waals surface area contributed by atoms with Crippen molar-refractivity contribution in [3.8, 4) is 0 Å². The molecule has 1 N–H and O–H groups in total. The van der Waals surface area contributed by atoms with Crippen molar-refractivity contribution in [3.05, 3.63) is 41.5 Å². The van der Waals surface area contributed by atoms with Gasteiger partial charge in [-0.15, -0.1) is 0 Å². The Morgan fingerprint density at radius 2 is 2.15 bits per heavy atom. The van der Waals surface area contributed by atoms with Crippen LogP contribution in [0.25, 0.3) is 5.70 Å². The van der Waals surface area contributed by atoms with Gasteiger partial charge in [0.05, 0.1) is 0 Å². The monoisotopic (exact) mass is 173 g/mol. The maximum Gasteiger partial charge on any atom is 0.221 e. The van der Waals surface area contributed by atoms with E-state index in [1.165, 1.54) is 12.5 Å².